The van der Waals surface area contributed by atoms with Gasteiger partial charge in [-0.15, -0.1) is 0 Å². The van der Waals surface area contributed by atoms with Gasteiger partial charge in [-0.25, -0.2) is 0 Å². The van der Waals surface area contributed by atoms with Crippen LogP contribution >= 0.6 is 35.3 Å². The zero-order valence-corrected chi connectivity index (χ0v) is 13.4. The molecule has 1 aromatic carbocycles. The van der Waals surface area contributed by atoms with Crippen molar-refractivity contribution in [2.45, 2.75) is 0 Å². The van der Waals surface area contributed by atoms with E-state index in [1.165, 1.54) is 22.7 Å². The molecule has 2 heterocycles. The van der Waals surface area contributed by atoms with Crippen LogP contribution in [0.4, 0.5) is 10.7 Å². The monoisotopic (exact) mass is 348 g/mol. The summed E-state index contributed by atoms with van der Waals surface area (Å²) in [5.74, 6) is -0.211. The summed E-state index contributed by atoms with van der Waals surface area (Å²) in [7, 11) is 0. The van der Waals surface area contributed by atoms with E-state index in [-0.39, 0.29) is 10.9 Å². The van der Waals surface area contributed by atoms with Crippen molar-refractivity contribution in [2.75, 3.05) is 4.90 Å². The molecule has 1 aliphatic rings. The Morgan fingerprint density at radius 3 is 2.55 bits per heavy atom. The number of carbonyl (C=O) groups excluding carboxylic acids is 1. The van der Waals surface area contributed by atoms with E-state index in [1.807, 2.05) is 30.3 Å². The Morgan fingerprint density at radius 2 is 1.91 bits per heavy atom. The third-order valence-electron chi connectivity index (χ3n) is 2.87. The highest BCUT2D eigenvalue weighted by Gasteiger charge is 2.33. The maximum absolute atomic E-state index is 12.5. The normalized spacial score (nSPS) is 16.5. The van der Waals surface area contributed by atoms with E-state index in [1.54, 1.807) is 12.1 Å². The molecule has 1 aromatic heterocycles. The fourth-order valence-electron chi connectivity index (χ4n) is 1.91. The third kappa shape index (κ3) is 2.80. The van der Waals surface area contributed by atoms with Crippen molar-refractivity contribution in [2.24, 2.45) is 0 Å². The van der Waals surface area contributed by atoms with Gasteiger partial charge >= 0.3 is 5.00 Å². The predicted molar refractivity (Wildman–Crippen MR) is 93.1 cm³/mol. The smallest absolute Gasteiger partial charge is 0.268 e. The number of rotatable bonds is 3. The van der Waals surface area contributed by atoms with Gasteiger partial charge in [-0.1, -0.05) is 53.5 Å². The second-order valence-electron chi connectivity index (χ2n) is 4.29. The summed E-state index contributed by atoms with van der Waals surface area (Å²) in [4.78, 5) is 25.3. The summed E-state index contributed by atoms with van der Waals surface area (Å²) < 4.78 is 0.452. The lowest BCUT2D eigenvalue weighted by molar-refractivity contribution is -0.380. The van der Waals surface area contributed by atoms with Gasteiger partial charge in [0, 0.05) is 10.9 Å². The van der Waals surface area contributed by atoms with Crippen LogP contribution in [-0.2, 0) is 4.79 Å². The first-order valence-corrected chi connectivity index (χ1v) is 8.17. The Kier molecular flexibility index (Phi) is 4.06. The number of anilines is 1. The molecule has 0 aliphatic carbocycles. The van der Waals surface area contributed by atoms with Crippen molar-refractivity contribution in [1.29, 1.82) is 0 Å². The molecule has 22 heavy (non-hydrogen) atoms. The average Bonchev–Trinajstić information content (AvgIpc) is 3.06. The lowest BCUT2D eigenvalue weighted by atomic mass is 10.3. The lowest BCUT2D eigenvalue weighted by Crippen LogP contribution is -2.27. The van der Waals surface area contributed by atoms with E-state index in [0.717, 1.165) is 11.3 Å². The highest BCUT2D eigenvalue weighted by molar-refractivity contribution is 8.27. The van der Waals surface area contributed by atoms with Gasteiger partial charge in [0.2, 0.25) is 0 Å². The first kappa shape index (κ1) is 14.9. The van der Waals surface area contributed by atoms with Crippen molar-refractivity contribution in [3.8, 4) is 0 Å². The molecule has 8 heteroatoms. The number of thiophene rings is 1. The van der Waals surface area contributed by atoms with Crippen LogP contribution in [0.2, 0.25) is 0 Å². The van der Waals surface area contributed by atoms with Crippen LogP contribution in [0.25, 0.3) is 6.08 Å². The zero-order valence-electron chi connectivity index (χ0n) is 11.0. The quantitative estimate of drug-likeness (QED) is 0.362. The summed E-state index contributed by atoms with van der Waals surface area (Å²) >= 11 is 7.48. The molecule has 0 radical (unpaired) electrons. The fraction of sp³-hybridized carbons (Fsp3) is 0. The van der Waals surface area contributed by atoms with Gasteiger partial charge in [0.05, 0.1) is 15.5 Å². The number of nitro groups is 1. The lowest BCUT2D eigenvalue weighted by Gasteiger charge is -2.13. The number of para-hydroxylation sites is 1. The molecule has 1 saturated heterocycles. The minimum Gasteiger partial charge on any atom is -0.268 e. The molecule has 110 valence electrons. The summed E-state index contributed by atoms with van der Waals surface area (Å²) in [6.45, 7) is 0. The first-order valence-electron chi connectivity index (χ1n) is 6.13. The molecule has 0 spiro atoms. The van der Waals surface area contributed by atoms with Gasteiger partial charge in [-0.2, -0.15) is 0 Å². The van der Waals surface area contributed by atoms with Gasteiger partial charge < -0.3 is 0 Å². The topological polar surface area (TPSA) is 63.4 Å². The third-order valence-corrected chi connectivity index (χ3v) is 5.16. The van der Waals surface area contributed by atoms with Crippen molar-refractivity contribution in [1.82, 2.24) is 0 Å². The molecule has 0 N–H and O–H groups in total. The molecule has 2 aromatic rings. The van der Waals surface area contributed by atoms with E-state index < -0.39 is 4.92 Å². The minimum atomic E-state index is -0.447. The summed E-state index contributed by atoms with van der Waals surface area (Å²) in [6.07, 6.45) is 1.64. The second-order valence-corrected chi connectivity index (χ2v) is 7.06. The average molecular weight is 348 g/mol. The molecule has 0 saturated carbocycles. The molecule has 0 atom stereocenters. The van der Waals surface area contributed by atoms with E-state index >= 15 is 0 Å². The molecule has 0 bridgehead atoms. The number of carbonyl (C=O) groups is 1. The Morgan fingerprint density at radius 1 is 1.18 bits per heavy atom. The van der Waals surface area contributed by atoms with Crippen LogP contribution < -0.4 is 4.90 Å². The predicted octanol–water partition coefficient (Wildman–Crippen LogP) is 4.06. The van der Waals surface area contributed by atoms with Gasteiger partial charge in [-0.3, -0.25) is 19.8 Å². The Balaban J connectivity index is 1.90. The van der Waals surface area contributed by atoms with Crippen molar-refractivity contribution in [3.63, 3.8) is 0 Å². The number of thiocarbonyl (C=S) groups is 1. The van der Waals surface area contributed by atoms with E-state index in [4.69, 9.17) is 12.2 Å². The van der Waals surface area contributed by atoms with Crippen LogP contribution in [0.15, 0.2) is 47.4 Å². The fourth-order valence-corrected chi connectivity index (χ4v) is 4.04. The Bertz CT molecular complexity index is 799. The van der Waals surface area contributed by atoms with Crippen molar-refractivity contribution in [3.05, 3.63) is 62.4 Å². The van der Waals surface area contributed by atoms with E-state index in [0.29, 0.717) is 19.8 Å². The van der Waals surface area contributed by atoms with Crippen molar-refractivity contribution >= 4 is 62.3 Å². The molecule has 3 rings (SSSR count). The van der Waals surface area contributed by atoms with Crippen molar-refractivity contribution < 1.29 is 9.72 Å². The number of hydrogen-bond donors (Lipinski definition) is 0. The summed E-state index contributed by atoms with van der Waals surface area (Å²) in [6, 6.07) is 12.2. The Labute approximate surface area is 139 Å². The molecule has 1 aliphatic heterocycles. The standard InChI is InChI=1S/C14H8N2O3S3/c17-13-11(8-10-6-7-12(21-10)16(18)19)22-14(20)15(13)9-4-2-1-3-5-9/h1-8H. The van der Waals surface area contributed by atoms with Crippen LogP contribution in [0.3, 0.4) is 0 Å². The summed E-state index contributed by atoms with van der Waals surface area (Å²) in [5, 5.41) is 10.7. The van der Waals surface area contributed by atoms with Crippen LogP contribution in [-0.4, -0.2) is 15.2 Å². The highest BCUT2D eigenvalue weighted by atomic mass is 32.2. The van der Waals surface area contributed by atoms with Gasteiger partial charge in [0.15, 0.2) is 4.32 Å². The first-order chi connectivity index (χ1) is 10.6. The van der Waals surface area contributed by atoms with Gasteiger partial charge in [0.1, 0.15) is 0 Å². The molecule has 5 nitrogen and oxygen atoms in total. The molecule has 0 unspecified atom stereocenters. The minimum absolute atomic E-state index is 0.0461. The molecule has 1 amide bonds. The SMILES string of the molecule is O=C1C(=Cc2ccc([N+](=O)[O-])s2)SC(=S)N1c1ccccc1. The maximum atomic E-state index is 12.5. The van der Waals surface area contributed by atoms with E-state index in [2.05, 4.69) is 0 Å². The Hall–Kier alpha value is -2.03. The van der Waals surface area contributed by atoms with Crippen LogP contribution in [0.1, 0.15) is 4.88 Å². The number of thioether (sulfide) groups is 1. The zero-order chi connectivity index (χ0) is 15.7. The number of benzene rings is 1. The number of amides is 1. The number of nitrogens with zero attached hydrogens (tertiary/aromatic N) is 2. The molecular formula is C14H8N2O3S3. The van der Waals surface area contributed by atoms with Gasteiger partial charge in [0.25, 0.3) is 5.91 Å². The van der Waals surface area contributed by atoms with E-state index in [9.17, 15) is 14.9 Å². The second kappa shape index (κ2) is 5.99. The number of hydrogen-bond acceptors (Lipinski definition) is 6. The summed E-state index contributed by atoms with van der Waals surface area (Å²) in [5.41, 5.74) is 0.713. The highest BCUT2D eigenvalue weighted by Crippen LogP contribution is 2.37. The van der Waals surface area contributed by atoms with Gasteiger partial charge in [-0.05, 0) is 24.3 Å². The molecule has 1 fully saturated rings. The molecular weight excluding hydrogens is 340 g/mol. The maximum Gasteiger partial charge on any atom is 0.324 e. The van der Waals surface area contributed by atoms with Crippen LogP contribution in [0, 0.1) is 10.1 Å². The largest absolute Gasteiger partial charge is 0.324 e. The van der Waals surface area contributed by atoms with Crippen LogP contribution in [0.5, 0.6) is 0 Å².